The number of allylic oxidation sites excluding steroid dienone is 2. The van der Waals surface area contributed by atoms with E-state index in [4.69, 9.17) is 9.47 Å². The van der Waals surface area contributed by atoms with E-state index in [0.29, 0.717) is 16.9 Å². The van der Waals surface area contributed by atoms with Crippen LogP contribution in [0.1, 0.15) is 31.2 Å². The maximum atomic E-state index is 13.6. The molecule has 1 aromatic carbocycles. The quantitative estimate of drug-likeness (QED) is 0.274. The molecule has 0 fully saturated rings. The molecule has 0 spiro atoms. The fourth-order valence-electron chi connectivity index (χ4n) is 2.41. The molecule has 5 nitrogen and oxygen atoms in total. The van der Waals surface area contributed by atoms with Crippen LogP contribution in [0.15, 0.2) is 55.6 Å². The zero-order valence-electron chi connectivity index (χ0n) is 16.2. The van der Waals surface area contributed by atoms with Crippen LogP contribution >= 0.6 is 0 Å². The molecule has 0 aliphatic carbocycles. The number of carbonyl (C=O) groups is 2. The molecule has 1 amide bonds. The van der Waals surface area contributed by atoms with Crippen LogP contribution in [-0.2, 0) is 20.9 Å². The second kappa shape index (κ2) is 12.6. The highest BCUT2D eigenvalue weighted by Crippen LogP contribution is 2.27. The van der Waals surface area contributed by atoms with Crippen LogP contribution < -0.4 is 0 Å². The number of ether oxygens (including phenoxy) is 2. The van der Waals surface area contributed by atoms with Gasteiger partial charge in [-0.2, -0.15) is 13.2 Å². The molecule has 0 aliphatic heterocycles. The minimum absolute atomic E-state index is 0.0804. The summed E-state index contributed by atoms with van der Waals surface area (Å²) in [5.41, 5.74) is 0.645. The molecule has 0 saturated heterocycles. The molecule has 1 rings (SSSR count). The molecule has 0 heterocycles. The van der Waals surface area contributed by atoms with Crippen molar-refractivity contribution in [3.63, 3.8) is 0 Å². The molecule has 0 N–H and O–H groups in total. The Morgan fingerprint density at radius 3 is 2.31 bits per heavy atom. The Hall–Kier alpha value is -2.77. The van der Waals surface area contributed by atoms with Gasteiger partial charge in [-0.3, -0.25) is 9.69 Å². The predicted molar refractivity (Wildman–Crippen MR) is 103 cm³/mol. The summed E-state index contributed by atoms with van der Waals surface area (Å²) in [6, 6.07) is 6.31. The highest BCUT2D eigenvalue weighted by Gasteiger charge is 2.46. The number of hydrogen-bond acceptors (Lipinski definition) is 4. The number of unbranched alkanes of at least 4 members (excludes halogenated alkanes) is 1. The number of alkyl halides is 3. The van der Waals surface area contributed by atoms with Gasteiger partial charge < -0.3 is 9.47 Å². The number of benzene rings is 1. The number of amides is 1. The monoisotopic (exact) mass is 413 g/mol. The van der Waals surface area contributed by atoms with Gasteiger partial charge in [0.05, 0.1) is 0 Å². The molecule has 29 heavy (non-hydrogen) atoms. The van der Waals surface area contributed by atoms with Crippen molar-refractivity contribution in [3.05, 3.63) is 61.2 Å². The Morgan fingerprint density at radius 1 is 1.07 bits per heavy atom. The molecule has 160 valence electrons. The number of rotatable bonds is 12. The van der Waals surface area contributed by atoms with Crippen molar-refractivity contribution in [2.75, 3.05) is 13.2 Å². The van der Waals surface area contributed by atoms with Crippen LogP contribution in [0.4, 0.5) is 18.0 Å². The summed E-state index contributed by atoms with van der Waals surface area (Å²) in [6.07, 6.45) is -2.01. The van der Waals surface area contributed by atoms with Gasteiger partial charge in [0.15, 0.2) is 6.04 Å². The lowest BCUT2D eigenvalue weighted by molar-refractivity contribution is -0.194. The summed E-state index contributed by atoms with van der Waals surface area (Å²) >= 11 is 0. The van der Waals surface area contributed by atoms with Gasteiger partial charge in [0.25, 0.3) is 0 Å². The van der Waals surface area contributed by atoms with Crippen LogP contribution in [0.5, 0.6) is 0 Å². The van der Waals surface area contributed by atoms with Gasteiger partial charge in [0.1, 0.15) is 13.2 Å². The summed E-state index contributed by atoms with van der Waals surface area (Å²) < 4.78 is 50.7. The zero-order chi connectivity index (χ0) is 21.7. The Bertz CT molecular complexity index is 662. The first kappa shape index (κ1) is 24.3. The average Bonchev–Trinajstić information content (AvgIpc) is 2.69. The predicted octanol–water partition coefficient (Wildman–Crippen LogP) is 5.03. The minimum atomic E-state index is -4.79. The Kier molecular flexibility index (Phi) is 10.6. The first-order chi connectivity index (χ1) is 13.8. The van der Waals surface area contributed by atoms with E-state index in [9.17, 15) is 22.8 Å². The zero-order valence-corrected chi connectivity index (χ0v) is 16.2. The first-order valence-electron chi connectivity index (χ1n) is 9.21. The van der Waals surface area contributed by atoms with Crippen LogP contribution in [0.2, 0.25) is 0 Å². The van der Waals surface area contributed by atoms with Gasteiger partial charge in [-0.1, -0.05) is 42.5 Å². The number of esters is 1. The Labute approximate surface area is 168 Å². The lowest BCUT2D eigenvalue weighted by Crippen LogP contribution is -2.52. The van der Waals surface area contributed by atoms with Crippen LogP contribution in [0.3, 0.4) is 0 Å². The van der Waals surface area contributed by atoms with Crippen LogP contribution in [0.25, 0.3) is 0 Å². The van der Waals surface area contributed by atoms with E-state index in [-0.39, 0.29) is 32.4 Å². The smallest absolute Gasteiger partial charge is 0.412 e. The second-order valence-electron chi connectivity index (χ2n) is 6.23. The fourth-order valence-corrected chi connectivity index (χ4v) is 2.41. The normalized spacial score (nSPS) is 12.0. The fraction of sp³-hybridized carbons (Fsp3) is 0.429. The van der Waals surface area contributed by atoms with Gasteiger partial charge in [-0.15, -0.1) is 13.2 Å². The third-order valence-corrected chi connectivity index (χ3v) is 3.96. The van der Waals surface area contributed by atoms with E-state index in [1.165, 1.54) is 6.08 Å². The van der Waals surface area contributed by atoms with Crippen LogP contribution in [-0.4, -0.2) is 42.3 Å². The standard InChI is InChI=1S/C21H26F3NO4/c1-3-5-10-14-25(20(27)29-15-17-11-8-7-9-12-17)18(21(22,23)24)16-28-19(26)13-6-4-2/h3-4,7-9,11-12,18H,1-2,5-6,10,13-16H2/t18-/m1/s1. The molecule has 0 aromatic heterocycles. The number of halogens is 3. The van der Waals surface area contributed by atoms with Crippen molar-refractivity contribution in [2.24, 2.45) is 0 Å². The Balaban J connectivity index is 2.88. The van der Waals surface area contributed by atoms with Crippen molar-refractivity contribution in [3.8, 4) is 0 Å². The second-order valence-corrected chi connectivity index (χ2v) is 6.23. The lowest BCUT2D eigenvalue weighted by atomic mass is 10.2. The Morgan fingerprint density at radius 2 is 1.72 bits per heavy atom. The molecular formula is C21H26F3NO4. The van der Waals surface area contributed by atoms with Gasteiger partial charge in [-0.25, -0.2) is 4.79 Å². The minimum Gasteiger partial charge on any atom is -0.463 e. The summed E-state index contributed by atoms with van der Waals surface area (Å²) in [5.74, 6) is -0.789. The molecule has 1 aromatic rings. The van der Waals surface area contributed by atoms with E-state index < -0.39 is 30.9 Å². The van der Waals surface area contributed by atoms with Crippen molar-refractivity contribution in [1.82, 2.24) is 4.90 Å². The van der Waals surface area contributed by atoms with E-state index in [1.54, 1.807) is 36.4 Å². The highest BCUT2D eigenvalue weighted by atomic mass is 19.4. The van der Waals surface area contributed by atoms with Gasteiger partial charge in [0, 0.05) is 13.0 Å². The van der Waals surface area contributed by atoms with Gasteiger partial charge in [0.2, 0.25) is 0 Å². The summed E-state index contributed by atoms with van der Waals surface area (Å²) in [6.45, 7) is 5.59. The van der Waals surface area contributed by atoms with Crippen molar-refractivity contribution >= 4 is 12.1 Å². The third-order valence-electron chi connectivity index (χ3n) is 3.96. The van der Waals surface area contributed by atoms with E-state index in [1.807, 2.05) is 0 Å². The number of nitrogens with zero attached hydrogens (tertiary/aromatic N) is 1. The molecule has 0 unspecified atom stereocenters. The lowest BCUT2D eigenvalue weighted by Gasteiger charge is -2.32. The van der Waals surface area contributed by atoms with E-state index >= 15 is 0 Å². The summed E-state index contributed by atoms with van der Waals surface area (Å²) in [5, 5.41) is 0. The average molecular weight is 413 g/mol. The first-order valence-corrected chi connectivity index (χ1v) is 9.21. The summed E-state index contributed by atoms with van der Waals surface area (Å²) in [7, 11) is 0. The molecule has 0 aliphatic rings. The summed E-state index contributed by atoms with van der Waals surface area (Å²) in [4.78, 5) is 24.6. The van der Waals surface area contributed by atoms with Crippen molar-refractivity contribution in [1.29, 1.82) is 0 Å². The third kappa shape index (κ3) is 9.32. The number of hydrogen-bond donors (Lipinski definition) is 0. The largest absolute Gasteiger partial charge is 0.463 e. The molecule has 0 radical (unpaired) electrons. The molecule has 8 heteroatoms. The van der Waals surface area contributed by atoms with E-state index in [0.717, 1.165) is 0 Å². The number of carbonyl (C=O) groups excluding carboxylic acids is 2. The molecule has 0 saturated carbocycles. The van der Waals surface area contributed by atoms with Gasteiger partial charge >= 0.3 is 18.2 Å². The van der Waals surface area contributed by atoms with Gasteiger partial charge in [-0.05, 0) is 24.8 Å². The molecule has 1 atom stereocenters. The molecule has 0 bridgehead atoms. The van der Waals surface area contributed by atoms with Crippen molar-refractivity contribution in [2.45, 2.75) is 44.5 Å². The highest BCUT2D eigenvalue weighted by molar-refractivity contribution is 5.70. The maximum Gasteiger partial charge on any atom is 0.412 e. The molecular weight excluding hydrogens is 387 g/mol. The SMILES string of the molecule is C=CCCCN(C(=O)OCc1ccccc1)[C@H](COC(=O)CCC=C)C(F)(F)F. The topological polar surface area (TPSA) is 55.8 Å². The van der Waals surface area contributed by atoms with Crippen molar-refractivity contribution < 1.29 is 32.2 Å². The van der Waals surface area contributed by atoms with Crippen LogP contribution in [0, 0.1) is 0 Å². The maximum absolute atomic E-state index is 13.6. The van der Waals surface area contributed by atoms with E-state index in [2.05, 4.69) is 13.2 Å².